The number of amides is 4. The molecule has 1 aromatic heterocycles. The third-order valence-corrected chi connectivity index (χ3v) is 4.60. The number of nitrogens with one attached hydrogen (secondary N) is 4. The van der Waals surface area contributed by atoms with E-state index >= 15 is 0 Å². The van der Waals surface area contributed by atoms with Gasteiger partial charge in [-0.15, -0.1) is 0 Å². The Kier molecular flexibility index (Phi) is 5.73. The van der Waals surface area contributed by atoms with Crippen LogP contribution >= 0.6 is 0 Å². The molecule has 3 rings (SSSR count). The Bertz CT molecular complexity index is 938. The van der Waals surface area contributed by atoms with E-state index in [-0.39, 0.29) is 41.7 Å². The fourth-order valence-electron chi connectivity index (χ4n) is 2.89. The summed E-state index contributed by atoms with van der Waals surface area (Å²) in [4.78, 5) is 49.1. The maximum absolute atomic E-state index is 12.4. The second-order valence-corrected chi connectivity index (χ2v) is 6.58. The van der Waals surface area contributed by atoms with Gasteiger partial charge < -0.3 is 26.7 Å². The number of rotatable bonds is 6. The molecule has 0 bridgehead atoms. The lowest BCUT2D eigenvalue weighted by Gasteiger charge is -2.37. The first kappa shape index (κ1) is 19.2. The number of benzene rings is 1. The molecule has 1 saturated carbocycles. The lowest BCUT2D eigenvalue weighted by molar-refractivity contribution is 0.0826. The Balaban J connectivity index is 1.53. The molecule has 0 aliphatic heterocycles. The monoisotopic (exact) mass is 383 g/mol. The number of hydrogen-bond donors (Lipinski definition) is 5. The van der Waals surface area contributed by atoms with E-state index in [0.29, 0.717) is 5.56 Å². The zero-order chi connectivity index (χ0) is 20.1. The summed E-state index contributed by atoms with van der Waals surface area (Å²) in [5, 5.41) is 8.21. The van der Waals surface area contributed by atoms with E-state index < -0.39 is 6.03 Å². The number of primary amides is 1. The van der Waals surface area contributed by atoms with Gasteiger partial charge in [0.2, 0.25) is 5.56 Å². The summed E-state index contributed by atoms with van der Waals surface area (Å²) < 4.78 is 0. The van der Waals surface area contributed by atoms with Crippen molar-refractivity contribution >= 4 is 17.8 Å². The van der Waals surface area contributed by atoms with E-state index in [4.69, 9.17) is 5.73 Å². The van der Waals surface area contributed by atoms with Crippen LogP contribution in [0.3, 0.4) is 0 Å². The third kappa shape index (κ3) is 4.76. The van der Waals surface area contributed by atoms with Crippen LogP contribution in [0.1, 0.15) is 39.3 Å². The fourth-order valence-corrected chi connectivity index (χ4v) is 2.89. The van der Waals surface area contributed by atoms with Gasteiger partial charge in [-0.25, -0.2) is 4.79 Å². The highest BCUT2D eigenvalue weighted by molar-refractivity contribution is 5.95. The summed E-state index contributed by atoms with van der Waals surface area (Å²) in [6, 6.07) is 10.2. The number of H-pyrrole nitrogens is 1. The predicted molar refractivity (Wildman–Crippen MR) is 102 cm³/mol. The van der Waals surface area contributed by atoms with E-state index in [2.05, 4.69) is 20.9 Å². The average Bonchev–Trinajstić information content (AvgIpc) is 2.67. The molecule has 0 saturated heterocycles. The van der Waals surface area contributed by atoms with Gasteiger partial charge in [0, 0.05) is 30.3 Å². The van der Waals surface area contributed by atoms with Crippen LogP contribution in [0.4, 0.5) is 4.79 Å². The second-order valence-electron chi connectivity index (χ2n) is 6.58. The molecule has 4 amide bonds. The number of hydrogen-bond acceptors (Lipinski definition) is 4. The van der Waals surface area contributed by atoms with E-state index in [9.17, 15) is 19.2 Å². The molecule has 6 N–H and O–H groups in total. The van der Waals surface area contributed by atoms with Crippen LogP contribution in [0.2, 0.25) is 0 Å². The Morgan fingerprint density at radius 2 is 1.61 bits per heavy atom. The van der Waals surface area contributed by atoms with Crippen molar-refractivity contribution in [2.45, 2.75) is 31.5 Å². The molecule has 1 aliphatic rings. The summed E-state index contributed by atoms with van der Waals surface area (Å²) in [6.07, 6.45) is 1.49. The molecule has 0 radical (unpaired) electrons. The van der Waals surface area contributed by atoms with Crippen molar-refractivity contribution in [2.75, 3.05) is 0 Å². The molecule has 1 aliphatic carbocycles. The Hall–Kier alpha value is -3.62. The van der Waals surface area contributed by atoms with Crippen molar-refractivity contribution in [2.24, 2.45) is 5.73 Å². The summed E-state index contributed by atoms with van der Waals surface area (Å²) in [5.74, 6) is -0.626. The van der Waals surface area contributed by atoms with Gasteiger partial charge in [0.15, 0.2) is 0 Å². The Morgan fingerprint density at radius 1 is 0.964 bits per heavy atom. The summed E-state index contributed by atoms with van der Waals surface area (Å²) >= 11 is 0. The van der Waals surface area contributed by atoms with E-state index in [1.165, 1.54) is 18.2 Å². The van der Waals surface area contributed by atoms with Crippen LogP contribution in [0, 0.1) is 0 Å². The highest BCUT2D eigenvalue weighted by Gasteiger charge is 2.33. The first-order valence-electron chi connectivity index (χ1n) is 8.85. The van der Waals surface area contributed by atoms with Crippen molar-refractivity contribution in [1.29, 1.82) is 0 Å². The topological polar surface area (TPSA) is 146 Å². The van der Waals surface area contributed by atoms with Gasteiger partial charge >= 0.3 is 6.03 Å². The largest absolute Gasteiger partial charge is 0.352 e. The normalized spacial score (nSPS) is 17.9. The number of urea groups is 1. The summed E-state index contributed by atoms with van der Waals surface area (Å²) in [5.41, 5.74) is 6.16. The van der Waals surface area contributed by atoms with Crippen molar-refractivity contribution < 1.29 is 14.4 Å². The number of nitrogens with two attached hydrogens (primary N) is 1. The van der Waals surface area contributed by atoms with Crippen LogP contribution in [-0.2, 0) is 6.54 Å². The quantitative estimate of drug-likeness (QED) is 0.486. The van der Waals surface area contributed by atoms with Gasteiger partial charge in [0.25, 0.3) is 11.8 Å². The van der Waals surface area contributed by atoms with Crippen molar-refractivity contribution in [3.63, 3.8) is 0 Å². The smallest absolute Gasteiger partial charge is 0.312 e. The Labute approximate surface area is 160 Å². The molecule has 2 unspecified atom stereocenters. The molecular formula is C19H21N5O4. The van der Waals surface area contributed by atoms with Crippen LogP contribution in [0.25, 0.3) is 0 Å². The summed E-state index contributed by atoms with van der Waals surface area (Å²) in [7, 11) is 0. The number of carbonyl (C=O) groups excluding carboxylic acids is 3. The number of pyridine rings is 1. The zero-order valence-corrected chi connectivity index (χ0v) is 15.0. The number of aromatic amines is 1. The number of carbonyl (C=O) groups is 3. The predicted octanol–water partition coefficient (Wildman–Crippen LogP) is 0.234. The SMILES string of the molecule is NC(=O)NCc1ccc(C(=O)NC2CCC2NC(=O)c2cccc(=O)[nH]2)cc1. The molecule has 9 nitrogen and oxygen atoms in total. The highest BCUT2D eigenvalue weighted by Crippen LogP contribution is 2.21. The van der Waals surface area contributed by atoms with E-state index in [1.54, 1.807) is 24.3 Å². The summed E-state index contributed by atoms with van der Waals surface area (Å²) in [6.45, 7) is 0.287. The average molecular weight is 383 g/mol. The molecule has 1 aromatic carbocycles. The maximum atomic E-state index is 12.4. The molecular weight excluding hydrogens is 362 g/mol. The zero-order valence-electron chi connectivity index (χ0n) is 15.0. The molecule has 2 atom stereocenters. The number of aromatic nitrogens is 1. The van der Waals surface area contributed by atoms with E-state index in [1.807, 2.05) is 0 Å². The minimum atomic E-state index is -0.612. The highest BCUT2D eigenvalue weighted by atomic mass is 16.2. The first-order chi connectivity index (χ1) is 13.4. The molecule has 146 valence electrons. The molecule has 2 aromatic rings. The van der Waals surface area contributed by atoms with Crippen LogP contribution in [0.15, 0.2) is 47.3 Å². The molecule has 9 heteroatoms. The van der Waals surface area contributed by atoms with Crippen molar-refractivity contribution in [3.8, 4) is 0 Å². The van der Waals surface area contributed by atoms with Gasteiger partial charge in [-0.1, -0.05) is 18.2 Å². The van der Waals surface area contributed by atoms with Crippen molar-refractivity contribution in [1.82, 2.24) is 20.9 Å². The van der Waals surface area contributed by atoms with Crippen molar-refractivity contribution in [3.05, 3.63) is 69.6 Å². The van der Waals surface area contributed by atoms with Crippen LogP contribution < -0.4 is 27.2 Å². The second kappa shape index (κ2) is 8.38. The first-order valence-corrected chi connectivity index (χ1v) is 8.85. The Morgan fingerprint density at radius 3 is 2.18 bits per heavy atom. The fraction of sp³-hybridized carbons (Fsp3) is 0.263. The molecule has 0 spiro atoms. The third-order valence-electron chi connectivity index (χ3n) is 4.60. The van der Waals surface area contributed by atoms with Gasteiger partial charge in [-0.2, -0.15) is 0 Å². The van der Waals surface area contributed by atoms with Gasteiger partial charge in [0.05, 0.1) is 0 Å². The minimum absolute atomic E-state index is 0.178. The molecule has 1 fully saturated rings. The standard InChI is InChI=1S/C19H21N5O4/c20-19(28)21-10-11-4-6-12(7-5-11)17(26)23-13-8-9-14(13)24-18(27)15-2-1-3-16(25)22-15/h1-7,13-14H,8-10H2,(H,22,25)(H,23,26)(H,24,27)(H3,20,21,28). The van der Waals surface area contributed by atoms with Crippen LogP contribution in [0.5, 0.6) is 0 Å². The van der Waals surface area contributed by atoms with Gasteiger partial charge in [-0.3, -0.25) is 14.4 Å². The van der Waals surface area contributed by atoms with Gasteiger partial charge in [0.1, 0.15) is 5.69 Å². The van der Waals surface area contributed by atoms with Crippen LogP contribution in [-0.4, -0.2) is 34.9 Å². The van der Waals surface area contributed by atoms with Gasteiger partial charge in [-0.05, 0) is 36.6 Å². The lowest BCUT2D eigenvalue weighted by Crippen LogP contribution is -2.58. The van der Waals surface area contributed by atoms with E-state index in [0.717, 1.165) is 18.4 Å². The maximum Gasteiger partial charge on any atom is 0.312 e. The molecule has 28 heavy (non-hydrogen) atoms. The minimum Gasteiger partial charge on any atom is -0.352 e. The molecule has 1 heterocycles. The lowest BCUT2D eigenvalue weighted by atomic mass is 9.86.